The number of carbonyl (C=O) groups excluding carboxylic acids is 2. The molecule has 0 fully saturated rings. The molecule has 2 aromatic heterocycles. The average Bonchev–Trinajstić information content (AvgIpc) is 3.70. The zero-order chi connectivity index (χ0) is 35.1. The van der Waals surface area contributed by atoms with Crippen LogP contribution in [0.15, 0.2) is 59.0 Å². The topological polar surface area (TPSA) is 164 Å². The van der Waals surface area contributed by atoms with Gasteiger partial charge in [-0.3, -0.25) is 19.2 Å². The molecular formula is C37H44N4O6. The third kappa shape index (κ3) is 6.07. The van der Waals surface area contributed by atoms with E-state index in [0.29, 0.717) is 28.1 Å². The summed E-state index contributed by atoms with van der Waals surface area (Å²) in [5.41, 5.74) is 11.2. The SMILES string of the molecule is C=CC1=C(C)/C(=C(\C)c2[nH]c(C(C)(C)c3[nH]c(/C(C)=C4\NC(=O)C(C)=C4C=C)c(C)c3CCC(=O)O)c(CCC(=O)O)c2C)NC1=O. The van der Waals surface area contributed by atoms with Crippen molar-refractivity contribution in [3.05, 3.63) is 104 Å². The van der Waals surface area contributed by atoms with Gasteiger partial charge >= 0.3 is 11.9 Å². The second-order valence-corrected chi connectivity index (χ2v) is 12.8. The molecule has 0 bridgehead atoms. The maximum Gasteiger partial charge on any atom is 0.303 e. The van der Waals surface area contributed by atoms with Crippen molar-refractivity contribution in [1.29, 1.82) is 0 Å². The molecule has 2 aromatic rings. The van der Waals surface area contributed by atoms with E-state index in [1.807, 2.05) is 48.5 Å². The monoisotopic (exact) mass is 640 g/mol. The van der Waals surface area contributed by atoms with Crippen LogP contribution in [0.2, 0.25) is 0 Å². The van der Waals surface area contributed by atoms with E-state index in [-0.39, 0.29) is 37.5 Å². The molecule has 47 heavy (non-hydrogen) atoms. The number of rotatable bonds is 12. The summed E-state index contributed by atoms with van der Waals surface area (Å²) >= 11 is 0. The number of aromatic amines is 2. The predicted molar refractivity (Wildman–Crippen MR) is 182 cm³/mol. The van der Waals surface area contributed by atoms with Crippen LogP contribution in [-0.4, -0.2) is 43.9 Å². The van der Waals surface area contributed by atoms with Gasteiger partial charge in [-0.25, -0.2) is 0 Å². The minimum absolute atomic E-state index is 0.0884. The summed E-state index contributed by atoms with van der Waals surface area (Å²) in [6, 6.07) is 0. The number of H-pyrrole nitrogens is 2. The first-order valence-electron chi connectivity index (χ1n) is 15.6. The summed E-state index contributed by atoms with van der Waals surface area (Å²) < 4.78 is 0. The predicted octanol–water partition coefficient (Wildman–Crippen LogP) is 6.05. The minimum atomic E-state index is -0.926. The van der Waals surface area contributed by atoms with Gasteiger partial charge in [0.2, 0.25) is 0 Å². The third-order valence-electron chi connectivity index (χ3n) is 9.61. The van der Waals surface area contributed by atoms with Gasteiger partial charge in [-0.1, -0.05) is 25.3 Å². The molecule has 0 aliphatic carbocycles. The lowest BCUT2D eigenvalue weighted by atomic mass is 9.79. The second-order valence-electron chi connectivity index (χ2n) is 12.8. The standard InChI is InChI=1S/C37H44N4O6/c1-11-23-20(6)35(46)41-32(23)22(8)30-19(5)26(14-16-28(44)45)34(39-30)37(9,10)33-25(13-15-27(42)43)18(4)29(38-33)21(7)31-17(3)24(12-2)36(47)40-31/h11-12,38-39H,1-2,13-16H2,3-10H3,(H,40,47)(H,41,46)(H,42,43)(H,44,45)/b31-21-,32-22-. The van der Waals surface area contributed by atoms with Crippen molar-refractivity contribution in [2.45, 2.75) is 86.5 Å². The summed E-state index contributed by atoms with van der Waals surface area (Å²) in [6.45, 7) is 23.0. The Bertz CT molecular complexity index is 1890. The second kappa shape index (κ2) is 12.9. The fraction of sp³-hybridized carbons (Fsp3) is 0.351. The molecule has 4 heterocycles. The van der Waals surface area contributed by atoms with Gasteiger partial charge in [0.15, 0.2) is 0 Å². The quantitative estimate of drug-likeness (QED) is 0.165. The molecular weight excluding hydrogens is 596 g/mol. The zero-order valence-electron chi connectivity index (χ0n) is 28.4. The van der Waals surface area contributed by atoms with Crippen LogP contribution in [0.3, 0.4) is 0 Å². The van der Waals surface area contributed by atoms with Crippen molar-refractivity contribution in [3.8, 4) is 0 Å². The summed E-state index contributed by atoms with van der Waals surface area (Å²) in [4.78, 5) is 56.0. The summed E-state index contributed by atoms with van der Waals surface area (Å²) in [5, 5.41) is 25.2. The van der Waals surface area contributed by atoms with Crippen LogP contribution >= 0.6 is 0 Å². The summed E-state index contributed by atoms with van der Waals surface area (Å²) in [7, 11) is 0. The minimum Gasteiger partial charge on any atom is -0.481 e. The van der Waals surface area contributed by atoms with Crippen LogP contribution in [0, 0.1) is 13.8 Å². The van der Waals surface area contributed by atoms with E-state index in [2.05, 4.69) is 33.8 Å². The smallest absolute Gasteiger partial charge is 0.303 e. The van der Waals surface area contributed by atoms with E-state index in [1.165, 1.54) is 6.08 Å². The van der Waals surface area contributed by atoms with E-state index >= 15 is 0 Å². The number of aliphatic carboxylic acids is 2. The fourth-order valence-electron chi connectivity index (χ4n) is 6.88. The normalized spacial score (nSPS) is 17.3. The van der Waals surface area contributed by atoms with Gasteiger partial charge in [-0.2, -0.15) is 0 Å². The van der Waals surface area contributed by atoms with Gasteiger partial charge in [-0.05, 0) is 107 Å². The van der Waals surface area contributed by atoms with Crippen LogP contribution < -0.4 is 10.6 Å². The molecule has 6 N–H and O–H groups in total. The molecule has 0 unspecified atom stereocenters. The fourth-order valence-corrected chi connectivity index (χ4v) is 6.88. The highest BCUT2D eigenvalue weighted by atomic mass is 16.4. The van der Waals surface area contributed by atoms with E-state index in [4.69, 9.17) is 0 Å². The Hall–Kier alpha value is -5.12. The summed E-state index contributed by atoms with van der Waals surface area (Å²) in [6.07, 6.45) is 3.53. The number of hydrogen-bond donors (Lipinski definition) is 6. The van der Waals surface area contributed by atoms with E-state index < -0.39 is 17.4 Å². The number of carbonyl (C=O) groups is 4. The first-order valence-corrected chi connectivity index (χ1v) is 15.6. The molecule has 2 amide bonds. The summed E-state index contributed by atoms with van der Waals surface area (Å²) in [5.74, 6) is -2.28. The van der Waals surface area contributed by atoms with Crippen LogP contribution in [-0.2, 0) is 37.4 Å². The van der Waals surface area contributed by atoms with E-state index in [1.54, 1.807) is 13.0 Å². The molecule has 4 rings (SSSR count). The number of carboxylic acids is 2. The Labute approximate surface area is 275 Å². The molecule has 0 atom stereocenters. The molecule has 0 spiro atoms. The number of nitrogens with one attached hydrogen (secondary N) is 4. The van der Waals surface area contributed by atoms with Gasteiger partial charge < -0.3 is 30.8 Å². The lowest BCUT2D eigenvalue weighted by Crippen LogP contribution is -2.24. The Balaban J connectivity index is 1.99. The highest BCUT2D eigenvalue weighted by Gasteiger charge is 2.36. The van der Waals surface area contributed by atoms with Crippen molar-refractivity contribution in [1.82, 2.24) is 20.6 Å². The Morgan fingerprint density at radius 2 is 1.13 bits per heavy atom. The molecule has 2 aliphatic rings. The van der Waals surface area contributed by atoms with Crippen LogP contribution in [0.25, 0.3) is 11.1 Å². The maximum absolute atomic E-state index is 12.6. The Kier molecular flexibility index (Phi) is 9.57. The van der Waals surface area contributed by atoms with Crippen molar-refractivity contribution in [3.63, 3.8) is 0 Å². The van der Waals surface area contributed by atoms with Gasteiger partial charge in [0.25, 0.3) is 11.8 Å². The van der Waals surface area contributed by atoms with Gasteiger partial charge in [0.1, 0.15) is 0 Å². The molecule has 0 saturated heterocycles. The third-order valence-corrected chi connectivity index (χ3v) is 9.61. The van der Waals surface area contributed by atoms with Gasteiger partial charge in [0, 0.05) is 63.4 Å². The molecule has 10 heteroatoms. The lowest BCUT2D eigenvalue weighted by molar-refractivity contribution is -0.138. The molecule has 0 saturated carbocycles. The number of allylic oxidation sites excluding steroid dienone is 4. The zero-order valence-corrected chi connectivity index (χ0v) is 28.4. The number of hydrogen-bond acceptors (Lipinski definition) is 4. The van der Waals surface area contributed by atoms with Crippen LogP contribution in [0.5, 0.6) is 0 Å². The lowest BCUT2D eigenvalue weighted by Gasteiger charge is -2.27. The highest BCUT2D eigenvalue weighted by molar-refractivity contribution is 6.04. The van der Waals surface area contributed by atoms with E-state index in [9.17, 15) is 29.4 Å². The molecule has 0 radical (unpaired) electrons. The average molecular weight is 641 g/mol. The molecule has 10 nitrogen and oxygen atoms in total. The van der Waals surface area contributed by atoms with Gasteiger partial charge in [-0.15, -0.1) is 0 Å². The number of aromatic nitrogens is 2. The molecule has 248 valence electrons. The van der Waals surface area contributed by atoms with Crippen LogP contribution in [0.1, 0.15) is 99.4 Å². The molecule has 2 aliphatic heterocycles. The number of carboxylic acid groups (broad SMARTS) is 2. The largest absolute Gasteiger partial charge is 0.481 e. The van der Waals surface area contributed by atoms with Crippen molar-refractivity contribution in [2.75, 3.05) is 0 Å². The van der Waals surface area contributed by atoms with E-state index in [0.717, 1.165) is 61.7 Å². The Morgan fingerprint density at radius 1 is 0.702 bits per heavy atom. The van der Waals surface area contributed by atoms with Crippen LogP contribution in [0.4, 0.5) is 0 Å². The first kappa shape index (κ1) is 34.7. The first-order chi connectivity index (χ1) is 22.0. The van der Waals surface area contributed by atoms with Gasteiger partial charge in [0.05, 0.1) is 5.70 Å². The molecule has 0 aromatic carbocycles. The van der Waals surface area contributed by atoms with Crippen molar-refractivity contribution in [2.24, 2.45) is 0 Å². The van der Waals surface area contributed by atoms with Crippen molar-refractivity contribution >= 4 is 34.9 Å². The Morgan fingerprint density at radius 3 is 1.53 bits per heavy atom. The number of amides is 2. The highest BCUT2D eigenvalue weighted by Crippen LogP contribution is 2.43. The van der Waals surface area contributed by atoms with Crippen molar-refractivity contribution < 1.29 is 29.4 Å². The maximum atomic E-state index is 12.6.